The lowest BCUT2D eigenvalue weighted by atomic mass is 10.0. The molecule has 1 heterocycles. The molecule has 1 aromatic heterocycles. The van der Waals surface area contributed by atoms with E-state index in [1.807, 2.05) is 50.4 Å². The largest absolute Gasteiger partial charge is 0.507 e. The van der Waals surface area contributed by atoms with Crippen molar-refractivity contribution in [1.82, 2.24) is 9.97 Å². The van der Waals surface area contributed by atoms with Crippen molar-refractivity contribution < 1.29 is 5.11 Å². The van der Waals surface area contributed by atoms with Crippen LogP contribution in [0.2, 0.25) is 0 Å². The van der Waals surface area contributed by atoms with Crippen LogP contribution in [0.3, 0.4) is 0 Å². The maximum atomic E-state index is 9.86. The fourth-order valence-corrected chi connectivity index (χ4v) is 2.40. The average Bonchev–Trinajstić information content (AvgIpc) is 2.51. The van der Waals surface area contributed by atoms with Crippen molar-refractivity contribution in [2.45, 2.75) is 13.8 Å². The van der Waals surface area contributed by atoms with Gasteiger partial charge >= 0.3 is 0 Å². The average molecular weight is 276 g/mol. The standard InChI is InChI=1S/C18H16N2O/c1-4-13-5-6-16-15(9-13)10-19-18(20-16)14-7-11(2)17(21)12(3)8-14/h4-10,21H,1H2,2-3H3. The van der Waals surface area contributed by atoms with Crippen molar-refractivity contribution in [3.05, 3.63) is 59.8 Å². The molecule has 0 bridgehead atoms. The number of aromatic hydroxyl groups is 1. The topological polar surface area (TPSA) is 46.0 Å². The van der Waals surface area contributed by atoms with E-state index in [1.54, 1.807) is 6.08 Å². The third-order valence-electron chi connectivity index (χ3n) is 3.59. The Bertz CT molecular complexity index is 830. The minimum atomic E-state index is 0.329. The predicted molar refractivity (Wildman–Crippen MR) is 86.2 cm³/mol. The molecular weight excluding hydrogens is 260 g/mol. The molecule has 104 valence electrons. The number of phenols is 1. The molecule has 0 aliphatic heterocycles. The Balaban J connectivity index is 2.15. The van der Waals surface area contributed by atoms with Crippen LogP contribution in [0.5, 0.6) is 5.75 Å². The second-order valence-electron chi connectivity index (χ2n) is 5.17. The summed E-state index contributed by atoms with van der Waals surface area (Å²) in [6.45, 7) is 7.52. The van der Waals surface area contributed by atoms with Gasteiger partial charge in [0.2, 0.25) is 0 Å². The van der Waals surface area contributed by atoms with Crippen LogP contribution in [-0.2, 0) is 0 Å². The van der Waals surface area contributed by atoms with E-state index >= 15 is 0 Å². The number of rotatable bonds is 2. The Labute approximate surface area is 123 Å². The fraction of sp³-hybridized carbons (Fsp3) is 0.111. The molecule has 2 aromatic carbocycles. The lowest BCUT2D eigenvalue weighted by molar-refractivity contribution is 0.467. The van der Waals surface area contributed by atoms with Gasteiger partial charge in [0.1, 0.15) is 5.75 Å². The third kappa shape index (κ3) is 2.38. The molecular formula is C18H16N2O. The normalized spacial score (nSPS) is 10.8. The molecule has 0 unspecified atom stereocenters. The van der Waals surface area contributed by atoms with Crippen molar-refractivity contribution in [1.29, 1.82) is 0 Å². The number of nitrogens with zero attached hydrogens (tertiary/aromatic N) is 2. The lowest BCUT2D eigenvalue weighted by Crippen LogP contribution is -1.92. The molecule has 0 fully saturated rings. The van der Waals surface area contributed by atoms with Crippen molar-refractivity contribution in [3.8, 4) is 17.1 Å². The van der Waals surface area contributed by atoms with E-state index in [0.29, 0.717) is 11.6 Å². The van der Waals surface area contributed by atoms with Gasteiger partial charge in [-0.25, -0.2) is 9.97 Å². The summed E-state index contributed by atoms with van der Waals surface area (Å²) in [6, 6.07) is 9.78. The molecule has 3 rings (SSSR count). The zero-order valence-electron chi connectivity index (χ0n) is 12.1. The van der Waals surface area contributed by atoms with Crippen LogP contribution < -0.4 is 0 Å². The minimum absolute atomic E-state index is 0.329. The first-order chi connectivity index (χ1) is 10.1. The zero-order valence-corrected chi connectivity index (χ0v) is 12.1. The van der Waals surface area contributed by atoms with Crippen LogP contribution in [0.25, 0.3) is 28.4 Å². The summed E-state index contributed by atoms with van der Waals surface area (Å²) < 4.78 is 0. The number of aryl methyl sites for hydroxylation is 2. The highest BCUT2D eigenvalue weighted by molar-refractivity contribution is 5.82. The van der Waals surface area contributed by atoms with Gasteiger partial charge in [0.05, 0.1) is 5.52 Å². The van der Waals surface area contributed by atoms with Crippen LogP contribution in [0.4, 0.5) is 0 Å². The van der Waals surface area contributed by atoms with Gasteiger partial charge in [-0.2, -0.15) is 0 Å². The molecule has 0 saturated heterocycles. The lowest BCUT2D eigenvalue weighted by Gasteiger charge is -2.08. The molecule has 0 saturated carbocycles. The van der Waals surface area contributed by atoms with E-state index in [2.05, 4.69) is 16.5 Å². The van der Waals surface area contributed by atoms with Crippen LogP contribution in [0.1, 0.15) is 16.7 Å². The summed E-state index contributed by atoms with van der Waals surface area (Å²) in [4.78, 5) is 9.04. The van der Waals surface area contributed by atoms with E-state index in [4.69, 9.17) is 0 Å². The minimum Gasteiger partial charge on any atom is -0.507 e. The van der Waals surface area contributed by atoms with Gasteiger partial charge in [0.25, 0.3) is 0 Å². The fourth-order valence-electron chi connectivity index (χ4n) is 2.40. The van der Waals surface area contributed by atoms with Gasteiger partial charge in [0, 0.05) is 17.1 Å². The number of aromatic nitrogens is 2. The first kappa shape index (κ1) is 13.3. The van der Waals surface area contributed by atoms with Crippen LogP contribution >= 0.6 is 0 Å². The summed E-state index contributed by atoms with van der Waals surface area (Å²) in [5.41, 5.74) is 4.52. The van der Waals surface area contributed by atoms with Crippen molar-refractivity contribution >= 4 is 17.0 Å². The molecule has 0 atom stereocenters. The monoisotopic (exact) mass is 276 g/mol. The molecule has 1 N–H and O–H groups in total. The van der Waals surface area contributed by atoms with Gasteiger partial charge < -0.3 is 5.11 Å². The smallest absolute Gasteiger partial charge is 0.159 e. The van der Waals surface area contributed by atoms with Crippen molar-refractivity contribution in [2.24, 2.45) is 0 Å². The van der Waals surface area contributed by atoms with Gasteiger partial charge in [0.15, 0.2) is 5.82 Å². The van der Waals surface area contributed by atoms with E-state index in [0.717, 1.165) is 33.2 Å². The molecule has 0 amide bonds. The predicted octanol–water partition coefficient (Wildman–Crippen LogP) is 4.26. The number of benzene rings is 2. The maximum absolute atomic E-state index is 9.86. The Morgan fingerprint density at radius 3 is 2.48 bits per heavy atom. The number of hydrogen-bond acceptors (Lipinski definition) is 3. The van der Waals surface area contributed by atoms with Crippen LogP contribution in [-0.4, -0.2) is 15.1 Å². The molecule has 21 heavy (non-hydrogen) atoms. The van der Waals surface area contributed by atoms with Crippen molar-refractivity contribution in [3.63, 3.8) is 0 Å². The van der Waals surface area contributed by atoms with E-state index in [1.165, 1.54) is 0 Å². The number of phenolic OH excluding ortho intramolecular Hbond substituents is 1. The Kier molecular flexibility index (Phi) is 3.18. The van der Waals surface area contributed by atoms with Crippen LogP contribution in [0, 0.1) is 13.8 Å². The molecule has 3 nitrogen and oxygen atoms in total. The molecule has 0 spiro atoms. The molecule has 0 aliphatic carbocycles. The van der Waals surface area contributed by atoms with Gasteiger partial charge in [-0.3, -0.25) is 0 Å². The molecule has 3 aromatic rings. The Morgan fingerprint density at radius 2 is 1.81 bits per heavy atom. The van der Waals surface area contributed by atoms with Crippen LogP contribution in [0.15, 0.2) is 43.1 Å². The first-order valence-electron chi connectivity index (χ1n) is 6.78. The summed E-state index contributed by atoms with van der Waals surface area (Å²) >= 11 is 0. The Morgan fingerprint density at radius 1 is 1.10 bits per heavy atom. The summed E-state index contributed by atoms with van der Waals surface area (Å²) in [7, 11) is 0. The molecule has 3 heteroatoms. The van der Waals surface area contributed by atoms with Crippen molar-refractivity contribution in [2.75, 3.05) is 0 Å². The summed E-state index contributed by atoms with van der Waals surface area (Å²) in [5, 5.41) is 10.8. The van der Waals surface area contributed by atoms with Gasteiger partial charge in [-0.15, -0.1) is 0 Å². The maximum Gasteiger partial charge on any atom is 0.159 e. The Hall–Kier alpha value is -2.68. The van der Waals surface area contributed by atoms with Gasteiger partial charge in [-0.05, 0) is 54.8 Å². The number of hydrogen-bond donors (Lipinski definition) is 1. The number of fused-ring (bicyclic) bond motifs is 1. The molecule has 0 aliphatic rings. The summed E-state index contributed by atoms with van der Waals surface area (Å²) in [5.74, 6) is 0.996. The van der Waals surface area contributed by atoms with E-state index in [-0.39, 0.29) is 0 Å². The van der Waals surface area contributed by atoms with Gasteiger partial charge in [-0.1, -0.05) is 18.7 Å². The summed E-state index contributed by atoms with van der Waals surface area (Å²) in [6.07, 6.45) is 3.63. The SMILES string of the molecule is C=Cc1ccc2nc(-c3cc(C)c(O)c(C)c3)ncc2c1. The zero-order chi connectivity index (χ0) is 15.0. The molecule has 0 radical (unpaired) electrons. The highest BCUT2D eigenvalue weighted by Gasteiger charge is 2.08. The second kappa shape index (κ2) is 5.02. The van der Waals surface area contributed by atoms with E-state index < -0.39 is 0 Å². The highest BCUT2D eigenvalue weighted by atomic mass is 16.3. The quantitative estimate of drug-likeness (QED) is 0.760. The highest BCUT2D eigenvalue weighted by Crippen LogP contribution is 2.28. The first-order valence-corrected chi connectivity index (χ1v) is 6.78. The third-order valence-corrected chi connectivity index (χ3v) is 3.59. The second-order valence-corrected chi connectivity index (χ2v) is 5.17. The van der Waals surface area contributed by atoms with E-state index in [9.17, 15) is 5.11 Å².